The molecular formula is C20H14ClN5OS. The molecule has 3 aromatic rings. The molecule has 0 saturated carbocycles. The van der Waals surface area contributed by atoms with Crippen LogP contribution in [0.4, 0.5) is 4.79 Å². The molecule has 3 heterocycles. The maximum atomic E-state index is 12.0. The Labute approximate surface area is 170 Å². The van der Waals surface area contributed by atoms with Gasteiger partial charge in [-0.05, 0) is 30.7 Å². The summed E-state index contributed by atoms with van der Waals surface area (Å²) in [4.78, 5) is 25.0. The normalized spacial score (nSPS) is 18.9. The summed E-state index contributed by atoms with van der Waals surface area (Å²) in [6, 6.07) is 12.2. The van der Waals surface area contributed by atoms with Crippen molar-refractivity contribution in [1.82, 2.24) is 15.3 Å². The first-order valence-corrected chi connectivity index (χ1v) is 9.74. The van der Waals surface area contributed by atoms with Gasteiger partial charge in [0.2, 0.25) is 0 Å². The number of carbonyl (C=O) groups excluding carboxylic acids is 1. The number of aromatic nitrogens is 2. The number of pyridine rings is 1. The number of nitrogens with one attached hydrogen (secondary N) is 1. The van der Waals surface area contributed by atoms with E-state index < -0.39 is 0 Å². The van der Waals surface area contributed by atoms with Crippen LogP contribution in [-0.2, 0) is 0 Å². The summed E-state index contributed by atoms with van der Waals surface area (Å²) in [5.74, 6) is -0.196. The molecule has 0 fully saturated rings. The Morgan fingerprint density at radius 2 is 2.00 bits per heavy atom. The number of rotatable bonds is 3. The molecule has 2 atom stereocenters. The number of thiazole rings is 1. The molecule has 2 amide bonds. The van der Waals surface area contributed by atoms with Crippen LogP contribution in [0.25, 0.3) is 11.3 Å². The van der Waals surface area contributed by atoms with Gasteiger partial charge in [-0.25, -0.2) is 19.8 Å². The van der Waals surface area contributed by atoms with Gasteiger partial charge in [0, 0.05) is 22.9 Å². The minimum atomic E-state index is -0.377. The minimum Gasteiger partial charge on any atom is -0.328 e. The highest BCUT2D eigenvalue weighted by molar-refractivity contribution is 7.10. The number of urea groups is 1. The van der Waals surface area contributed by atoms with Crippen LogP contribution in [0.15, 0.2) is 53.0 Å². The summed E-state index contributed by atoms with van der Waals surface area (Å²) in [6.45, 7) is 1.84. The summed E-state index contributed by atoms with van der Waals surface area (Å²) in [7, 11) is 0. The summed E-state index contributed by atoms with van der Waals surface area (Å²) in [5.41, 5.74) is 3.90. The number of aliphatic imine (C=N–C) groups is 1. The van der Waals surface area contributed by atoms with Crippen molar-refractivity contribution in [3.8, 4) is 17.3 Å². The SMILES string of the molecule is CC1=NC(=O)NC(c2ccc(Cl)nc2)C1c1nc(-c2ccc(C#N)cc2)cs1. The van der Waals surface area contributed by atoms with Gasteiger partial charge in [-0.15, -0.1) is 11.3 Å². The molecule has 0 aliphatic carbocycles. The topological polar surface area (TPSA) is 91.0 Å². The number of benzene rings is 1. The lowest BCUT2D eigenvalue weighted by atomic mass is 9.89. The molecule has 28 heavy (non-hydrogen) atoms. The number of carbonyl (C=O) groups is 1. The lowest BCUT2D eigenvalue weighted by Gasteiger charge is -2.29. The van der Waals surface area contributed by atoms with Gasteiger partial charge in [-0.1, -0.05) is 29.8 Å². The van der Waals surface area contributed by atoms with Gasteiger partial charge in [0.05, 0.1) is 29.3 Å². The minimum absolute atomic E-state index is 0.196. The second-order valence-electron chi connectivity index (χ2n) is 6.33. The first kappa shape index (κ1) is 18.3. The van der Waals surface area contributed by atoms with Gasteiger partial charge < -0.3 is 5.32 Å². The zero-order valence-electron chi connectivity index (χ0n) is 14.8. The third-order valence-electron chi connectivity index (χ3n) is 4.55. The Bertz CT molecular complexity index is 1100. The Hall–Kier alpha value is -3.08. The molecule has 1 aliphatic heterocycles. The lowest BCUT2D eigenvalue weighted by Crippen LogP contribution is -2.38. The summed E-state index contributed by atoms with van der Waals surface area (Å²) in [5, 5.41) is 15.1. The predicted octanol–water partition coefficient (Wildman–Crippen LogP) is 4.74. The molecule has 138 valence electrons. The highest BCUT2D eigenvalue weighted by Gasteiger charge is 2.35. The fourth-order valence-corrected chi connectivity index (χ4v) is 4.30. The van der Waals surface area contributed by atoms with Crippen molar-refractivity contribution >= 4 is 34.7 Å². The smallest absolute Gasteiger partial charge is 0.328 e. The fraction of sp³-hybridized carbons (Fsp3) is 0.150. The molecule has 0 spiro atoms. The molecule has 1 N–H and O–H groups in total. The van der Waals surface area contributed by atoms with E-state index in [-0.39, 0.29) is 18.0 Å². The van der Waals surface area contributed by atoms with Crippen molar-refractivity contribution in [2.24, 2.45) is 4.99 Å². The van der Waals surface area contributed by atoms with E-state index in [4.69, 9.17) is 21.8 Å². The third-order valence-corrected chi connectivity index (χ3v) is 5.70. The Balaban J connectivity index is 1.71. The van der Waals surface area contributed by atoms with Crippen molar-refractivity contribution in [1.29, 1.82) is 5.26 Å². The van der Waals surface area contributed by atoms with Gasteiger partial charge in [-0.3, -0.25) is 0 Å². The summed E-state index contributed by atoms with van der Waals surface area (Å²) < 4.78 is 0. The van der Waals surface area contributed by atoms with Crippen LogP contribution < -0.4 is 5.32 Å². The maximum Gasteiger partial charge on any atom is 0.341 e. The number of hydrogen-bond donors (Lipinski definition) is 1. The molecular weight excluding hydrogens is 394 g/mol. The van der Waals surface area contributed by atoms with Crippen molar-refractivity contribution in [2.45, 2.75) is 18.9 Å². The third kappa shape index (κ3) is 3.52. The van der Waals surface area contributed by atoms with Gasteiger partial charge in [0.15, 0.2) is 0 Å². The van der Waals surface area contributed by atoms with E-state index in [0.717, 1.165) is 21.8 Å². The van der Waals surface area contributed by atoms with E-state index in [0.29, 0.717) is 16.4 Å². The van der Waals surface area contributed by atoms with E-state index in [1.807, 2.05) is 30.5 Å². The standard InChI is InChI=1S/C20H14ClN5OS/c1-11-17(18(26-20(27)24-11)14-6-7-16(21)23-9-14)19-25-15(10-28-19)13-4-2-12(8-22)3-5-13/h2-7,9-10,17-18H,1H3,(H,26,27). The van der Waals surface area contributed by atoms with Crippen molar-refractivity contribution in [2.75, 3.05) is 0 Å². The number of halogens is 1. The van der Waals surface area contributed by atoms with Crippen LogP contribution in [0.5, 0.6) is 0 Å². The van der Waals surface area contributed by atoms with E-state index in [1.165, 1.54) is 11.3 Å². The number of nitriles is 1. The summed E-state index contributed by atoms with van der Waals surface area (Å²) >= 11 is 7.41. The fourth-order valence-electron chi connectivity index (χ4n) is 3.17. The summed E-state index contributed by atoms with van der Waals surface area (Å²) in [6.07, 6.45) is 1.66. The van der Waals surface area contributed by atoms with E-state index in [2.05, 4.69) is 21.4 Å². The molecule has 1 aliphatic rings. The average molecular weight is 408 g/mol. The molecule has 0 bridgehead atoms. The second kappa shape index (κ2) is 7.50. The van der Waals surface area contributed by atoms with Gasteiger partial charge in [0.1, 0.15) is 10.2 Å². The largest absolute Gasteiger partial charge is 0.341 e. The molecule has 6 nitrogen and oxygen atoms in total. The first-order valence-electron chi connectivity index (χ1n) is 8.48. The highest BCUT2D eigenvalue weighted by atomic mass is 35.5. The lowest BCUT2D eigenvalue weighted by molar-refractivity contribution is 0.243. The molecule has 1 aromatic carbocycles. The maximum absolute atomic E-state index is 12.0. The Morgan fingerprint density at radius 1 is 1.21 bits per heavy atom. The Kier molecular flexibility index (Phi) is 4.90. The molecule has 0 saturated heterocycles. The van der Waals surface area contributed by atoms with Gasteiger partial charge in [-0.2, -0.15) is 5.26 Å². The Morgan fingerprint density at radius 3 is 2.68 bits per heavy atom. The number of nitrogens with zero attached hydrogens (tertiary/aromatic N) is 4. The van der Waals surface area contributed by atoms with Crippen molar-refractivity contribution in [3.63, 3.8) is 0 Å². The molecule has 8 heteroatoms. The van der Waals surface area contributed by atoms with Crippen LogP contribution in [0.3, 0.4) is 0 Å². The second-order valence-corrected chi connectivity index (χ2v) is 7.61. The number of amides is 2. The van der Waals surface area contributed by atoms with Crippen LogP contribution in [0, 0.1) is 11.3 Å². The van der Waals surface area contributed by atoms with Crippen molar-refractivity contribution in [3.05, 3.63) is 69.3 Å². The monoisotopic (exact) mass is 407 g/mol. The highest BCUT2D eigenvalue weighted by Crippen LogP contribution is 2.37. The first-order chi connectivity index (χ1) is 13.5. The van der Waals surface area contributed by atoms with E-state index >= 15 is 0 Å². The van der Waals surface area contributed by atoms with Crippen LogP contribution in [0.1, 0.15) is 35.0 Å². The predicted molar refractivity (Wildman–Crippen MR) is 109 cm³/mol. The molecule has 0 radical (unpaired) electrons. The van der Waals surface area contributed by atoms with Crippen molar-refractivity contribution < 1.29 is 4.79 Å². The molecule has 4 rings (SSSR count). The van der Waals surface area contributed by atoms with E-state index in [1.54, 1.807) is 24.4 Å². The van der Waals surface area contributed by atoms with Crippen LogP contribution >= 0.6 is 22.9 Å². The molecule has 2 unspecified atom stereocenters. The van der Waals surface area contributed by atoms with Gasteiger partial charge >= 0.3 is 6.03 Å². The van der Waals surface area contributed by atoms with Crippen LogP contribution in [0.2, 0.25) is 5.15 Å². The average Bonchev–Trinajstić information content (AvgIpc) is 3.17. The zero-order chi connectivity index (χ0) is 19.7. The number of hydrogen-bond acceptors (Lipinski definition) is 5. The zero-order valence-corrected chi connectivity index (χ0v) is 16.3. The molecule has 2 aromatic heterocycles. The quantitative estimate of drug-likeness (QED) is 0.635. The van der Waals surface area contributed by atoms with Crippen LogP contribution in [-0.4, -0.2) is 21.7 Å². The van der Waals surface area contributed by atoms with E-state index in [9.17, 15) is 4.79 Å². The van der Waals surface area contributed by atoms with Gasteiger partial charge in [0.25, 0.3) is 0 Å².